The maximum atomic E-state index is 12.7. The van der Waals surface area contributed by atoms with Gasteiger partial charge in [0.05, 0.1) is 0 Å². The highest BCUT2D eigenvalue weighted by molar-refractivity contribution is 5.42. The molecule has 3 heteroatoms. The number of halogens is 1. The van der Waals surface area contributed by atoms with Crippen LogP contribution in [0.1, 0.15) is 26.2 Å². The molecule has 1 aromatic carbocycles. The zero-order valence-corrected chi connectivity index (χ0v) is 11.2. The molecule has 0 aromatic heterocycles. The highest BCUT2D eigenvalue weighted by atomic mass is 19.1. The summed E-state index contributed by atoms with van der Waals surface area (Å²) in [6.45, 7) is 6.55. The van der Waals surface area contributed by atoms with E-state index in [0.717, 1.165) is 31.2 Å². The molecule has 1 aliphatic carbocycles. The molecule has 0 amide bonds. The highest BCUT2D eigenvalue weighted by Gasteiger charge is 2.19. The monoisotopic (exact) mass is 250 g/mol. The van der Waals surface area contributed by atoms with Crippen LogP contribution in [0, 0.1) is 11.7 Å². The van der Waals surface area contributed by atoms with Crippen LogP contribution in [-0.2, 0) is 0 Å². The standard InChI is InChI=1S/C15H23FN2/c1-2-18(12-13-4-3-5-13)11-10-17-15-8-6-14(16)7-9-15/h6-9,13,17H,2-5,10-12H2,1H3. The Kier molecular flexibility index (Phi) is 5.00. The van der Waals surface area contributed by atoms with Crippen molar-refractivity contribution in [3.8, 4) is 0 Å². The first-order valence-electron chi connectivity index (χ1n) is 6.99. The lowest BCUT2D eigenvalue weighted by molar-refractivity contribution is 0.189. The number of nitrogens with one attached hydrogen (secondary N) is 1. The average molecular weight is 250 g/mol. The maximum absolute atomic E-state index is 12.7. The highest BCUT2D eigenvalue weighted by Crippen LogP contribution is 2.26. The van der Waals surface area contributed by atoms with Crippen molar-refractivity contribution in [2.45, 2.75) is 26.2 Å². The van der Waals surface area contributed by atoms with Crippen LogP contribution in [-0.4, -0.2) is 31.1 Å². The number of hydrogen-bond acceptors (Lipinski definition) is 2. The van der Waals surface area contributed by atoms with Gasteiger partial charge in [-0.25, -0.2) is 4.39 Å². The lowest BCUT2D eigenvalue weighted by Crippen LogP contribution is -2.35. The Labute approximate surface area is 109 Å². The number of likely N-dealkylation sites (N-methyl/N-ethyl adjacent to an activating group) is 1. The van der Waals surface area contributed by atoms with Crippen molar-refractivity contribution in [3.63, 3.8) is 0 Å². The molecule has 1 fully saturated rings. The summed E-state index contributed by atoms with van der Waals surface area (Å²) in [6, 6.07) is 6.57. The van der Waals surface area contributed by atoms with Crippen molar-refractivity contribution in [2.75, 3.05) is 31.5 Å². The summed E-state index contributed by atoms with van der Waals surface area (Å²) in [4.78, 5) is 2.50. The molecule has 0 aliphatic heterocycles. The lowest BCUT2D eigenvalue weighted by atomic mass is 9.85. The zero-order valence-electron chi connectivity index (χ0n) is 11.2. The number of rotatable bonds is 7. The summed E-state index contributed by atoms with van der Waals surface area (Å²) in [5.74, 6) is 0.747. The SMILES string of the molecule is CCN(CCNc1ccc(F)cc1)CC1CCC1. The normalized spacial score (nSPS) is 15.7. The first-order chi connectivity index (χ1) is 8.78. The Hall–Kier alpha value is -1.09. The van der Waals surface area contributed by atoms with Gasteiger partial charge in [0.25, 0.3) is 0 Å². The van der Waals surface area contributed by atoms with E-state index in [9.17, 15) is 4.39 Å². The molecule has 2 nitrogen and oxygen atoms in total. The molecule has 0 radical (unpaired) electrons. The molecule has 0 bridgehead atoms. The van der Waals surface area contributed by atoms with Gasteiger partial charge in [0.15, 0.2) is 0 Å². The summed E-state index contributed by atoms with van der Waals surface area (Å²) < 4.78 is 12.7. The molecule has 0 saturated heterocycles. The molecular weight excluding hydrogens is 227 g/mol. The van der Waals surface area contributed by atoms with Gasteiger partial charge in [-0.1, -0.05) is 13.3 Å². The van der Waals surface area contributed by atoms with E-state index < -0.39 is 0 Å². The third kappa shape index (κ3) is 3.98. The predicted octanol–water partition coefficient (Wildman–Crippen LogP) is 3.36. The smallest absolute Gasteiger partial charge is 0.123 e. The zero-order chi connectivity index (χ0) is 12.8. The minimum absolute atomic E-state index is 0.180. The number of benzene rings is 1. The fraction of sp³-hybridized carbons (Fsp3) is 0.600. The first kappa shape index (κ1) is 13.3. The largest absolute Gasteiger partial charge is 0.384 e. The quantitative estimate of drug-likeness (QED) is 0.798. The molecular formula is C15H23FN2. The van der Waals surface area contributed by atoms with E-state index in [-0.39, 0.29) is 5.82 Å². The fourth-order valence-electron chi connectivity index (χ4n) is 2.35. The van der Waals surface area contributed by atoms with Crippen LogP contribution in [0.3, 0.4) is 0 Å². The van der Waals surface area contributed by atoms with Crippen molar-refractivity contribution in [1.29, 1.82) is 0 Å². The molecule has 0 heterocycles. The predicted molar refractivity (Wildman–Crippen MR) is 74.3 cm³/mol. The van der Waals surface area contributed by atoms with Crippen LogP contribution in [0.5, 0.6) is 0 Å². The molecule has 0 spiro atoms. The van der Waals surface area contributed by atoms with Crippen LogP contribution in [0.15, 0.2) is 24.3 Å². The second kappa shape index (κ2) is 6.74. The topological polar surface area (TPSA) is 15.3 Å². The van der Waals surface area contributed by atoms with Gasteiger partial charge in [-0.3, -0.25) is 0 Å². The van der Waals surface area contributed by atoms with Crippen molar-refractivity contribution in [2.24, 2.45) is 5.92 Å². The van der Waals surface area contributed by atoms with Crippen molar-refractivity contribution in [3.05, 3.63) is 30.1 Å². The molecule has 0 unspecified atom stereocenters. The van der Waals surface area contributed by atoms with Crippen LogP contribution in [0.2, 0.25) is 0 Å². The molecule has 1 aliphatic rings. The molecule has 0 atom stereocenters. The van der Waals surface area contributed by atoms with E-state index >= 15 is 0 Å². The van der Waals surface area contributed by atoms with E-state index in [1.54, 1.807) is 12.1 Å². The Morgan fingerprint density at radius 2 is 2.00 bits per heavy atom. The minimum Gasteiger partial charge on any atom is -0.384 e. The minimum atomic E-state index is -0.180. The van der Waals surface area contributed by atoms with Gasteiger partial charge in [0.2, 0.25) is 0 Å². The average Bonchev–Trinajstić information content (AvgIpc) is 2.33. The van der Waals surface area contributed by atoms with Crippen molar-refractivity contribution < 1.29 is 4.39 Å². The van der Waals surface area contributed by atoms with Gasteiger partial charge in [-0.15, -0.1) is 0 Å². The number of hydrogen-bond donors (Lipinski definition) is 1. The maximum Gasteiger partial charge on any atom is 0.123 e. The van der Waals surface area contributed by atoms with Gasteiger partial charge < -0.3 is 10.2 Å². The summed E-state index contributed by atoms with van der Waals surface area (Å²) in [5.41, 5.74) is 0.996. The van der Waals surface area contributed by atoms with Gasteiger partial charge in [-0.2, -0.15) is 0 Å². The van der Waals surface area contributed by atoms with Crippen LogP contribution in [0.4, 0.5) is 10.1 Å². The Morgan fingerprint density at radius 3 is 2.56 bits per heavy atom. The van der Waals surface area contributed by atoms with Gasteiger partial charge >= 0.3 is 0 Å². The van der Waals surface area contributed by atoms with Crippen LogP contribution < -0.4 is 5.32 Å². The van der Waals surface area contributed by atoms with Crippen molar-refractivity contribution >= 4 is 5.69 Å². The second-order valence-electron chi connectivity index (χ2n) is 5.12. The third-order valence-electron chi connectivity index (χ3n) is 3.79. The molecule has 1 N–H and O–H groups in total. The second-order valence-corrected chi connectivity index (χ2v) is 5.12. The van der Waals surface area contributed by atoms with Gasteiger partial charge in [0.1, 0.15) is 5.82 Å². The molecule has 18 heavy (non-hydrogen) atoms. The lowest BCUT2D eigenvalue weighted by Gasteiger charge is -2.31. The van der Waals surface area contributed by atoms with E-state index in [4.69, 9.17) is 0 Å². The Bertz CT molecular complexity index is 346. The summed E-state index contributed by atoms with van der Waals surface area (Å²) >= 11 is 0. The fourth-order valence-corrected chi connectivity index (χ4v) is 2.35. The van der Waals surface area contributed by atoms with E-state index in [0.29, 0.717) is 0 Å². The first-order valence-corrected chi connectivity index (χ1v) is 6.99. The Morgan fingerprint density at radius 1 is 1.28 bits per heavy atom. The molecule has 1 saturated carbocycles. The van der Waals surface area contributed by atoms with Gasteiger partial charge in [-0.05, 0) is 49.6 Å². The summed E-state index contributed by atoms with van der Waals surface area (Å²) in [5, 5.41) is 3.34. The van der Waals surface area contributed by atoms with E-state index in [1.165, 1.54) is 37.9 Å². The number of nitrogens with zero attached hydrogens (tertiary/aromatic N) is 1. The van der Waals surface area contributed by atoms with Gasteiger partial charge in [0, 0.05) is 25.3 Å². The Balaban J connectivity index is 1.67. The number of anilines is 1. The van der Waals surface area contributed by atoms with E-state index in [1.807, 2.05) is 0 Å². The molecule has 2 rings (SSSR count). The molecule has 100 valence electrons. The van der Waals surface area contributed by atoms with E-state index in [2.05, 4.69) is 17.1 Å². The summed E-state index contributed by atoms with van der Waals surface area (Å²) in [7, 11) is 0. The third-order valence-corrected chi connectivity index (χ3v) is 3.79. The van der Waals surface area contributed by atoms with Crippen LogP contribution in [0.25, 0.3) is 0 Å². The summed E-state index contributed by atoms with van der Waals surface area (Å²) in [6.07, 6.45) is 4.22. The van der Waals surface area contributed by atoms with Crippen molar-refractivity contribution in [1.82, 2.24) is 4.90 Å². The molecule has 1 aromatic rings. The van der Waals surface area contributed by atoms with Crippen LogP contribution >= 0.6 is 0 Å².